The summed E-state index contributed by atoms with van der Waals surface area (Å²) in [6, 6.07) is 4.28. The van der Waals surface area contributed by atoms with Gasteiger partial charge in [-0.25, -0.2) is 17.9 Å². The zero-order chi connectivity index (χ0) is 25.3. The molecule has 2 aliphatic rings. The quantitative estimate of drug-likeness (QED) is 0.491. The van der Waals surface area contributed by atoms with Gasteiger partial charge in [0.15, 0.2) is 23.2 Å². The zero-order valence-corrected chi connectivity index (χ0v) is 19.1. The van der Waals surface area contributed by atoms with E-state index in [-0.39, 0.29) is 17.9 Å². The molecule has 36 heavy (non-hydrogen) atoms. The Hall–Kier alpha value is -2.90. The maximum Gasteiger partial charge on any atom is 0.197 e. The number of hydrogen-bond donors (Lipinski definition) is 2. The summed E-state index contributed by atoms with van der Waals surface area (Å²) >= 11 is 0. The number of ether oxygens (including phenoxy) is 3. The minimum Gasteiger partial charge on any atom is -0.394 e. The number of aromatic nitrogens is 4. The van der Waals surface area contributed by atoms with E-state index in [1.54, 1.807) is 18.5 Å². The van der Waals surface area contributed by atoms with Crippen molar-refractivity contribution in [2.45, 2.75) is 56.0 Å². The van der Waals surface area contributed by atoms with Crippen LogP contribution in [-0.2, 0) is 20.8 Å². The van der Waals surface area contributed by atoms with E-state index in [1.165, 1.54) is 10.9 Å². The number of hydrogen-bond acceptors (Lipinski definition) is 8. The van der Waals surface area contributed by atoms with Crippen LogP contribution in [0.3, 0.4) is 0 Å². The molecular weight excluding hydrogens is 481 g/mol. The minimum absolute atomic E-state index is 0.0330. The van der Waals surface area contributed by atoms with Crippen LogP contribution in [0.15, 0.2) is 42.9 Å². The van der Waals surface area contributed by atoms with Gasteiger partial charge in [0.1, 0.15) is 30.0 Å². The molecule has 2 aliphatic heterocycles. The Morgan fingerprint density at radius 2 is 2.00 bits per heavy atom. The molecule has 0 bridgehead atoms. The van der Waals surface area contributed by atoms with Crippen molar-refractivity contribution in [2.75, 3.05) is 13.2 Å². The minimum atomic E-state index is -1.59. The molecule has 5 atom stereocenters. The fourth-order valence-electron chi connectivity index (χ4n) is 4.75. The lowest BCUT2D eigenvalue weighted by Crippen LogP contribution is -2.65. The van der Waals surface area contributed by atoms with Crippen LogP contribution in [0.25, 0.3) is 11.3 Å². The Labute approximate surface area is 204 Å². The van der Waals surface area contributed by atoms with Crippen LogP contribution in [0.4, 0.5) is 13.2 Å². The highest BCUT2D eigenvalue weighted by Gasteiger charge is 2.57. The molecule has 2 saturated heterocycles. The van der Waals surface area contributed by atoms with Gasteiger partial charge >= 0.3 is 0 Å². The second-order valence-corrected chi connectivity index (χ2v) is 8.87. The van der Waals surface area contributed by atoms with Gasteiger partial charge in [0.25, 0.3) is 0 Å². The summed E-state index contributed by atoms with van der Waals surface area (Å²) < 4.78 is 60.8. The van der Waals surface area contributed by atoms with Crippen molar-refractivity contribution in [3.8, 4) is 11.3 Å². The number of aliphatic hydroxyl groups is 2. The highest BCUT2D eigenvalue weighted by molar-refractivity contribution is 5.57. The molecule has 2 aromatic heterocycles. The molecule has 2 fully saturated rings. The maximum atomic E-state index is 13.8. The average Bonchev–Trinajstić information content (AvgIpc) is 3.38. The molecule has 4 heterocycles. The third-order valence-corrected chi connectivity index (χ3v) is 6.52. The molecular formula is C24H25F3N4O5. The fraction of sp³-hybridized carbons (Fsp3) is 0.458. The Morgan fingerprint density at radius 3 is 2.67 bits per heavy atom. The first-order chi connectivity index (χ1) is 17.4. The number of pyridine rings is 1. The Balaban J connectivity index is 1.53. The van der Waals surface area contributed by atoms with Crippen molar-refractivity contribution in [2.24, 2.45) is 0 Å². The third kappa shape index (κ3) is 4.62. The molecule has 12 heteroatoms. The molecule has 0 amide bonds. The SMILES string of the molecule is OC[C@H]1O[C@@]2(CCCCO2)[C@H](OCc2cccnc2)[C@@H](n2cc(-c3cc(F)c(F)c(F)c3)nn2)[C@H]1O. The summed E-state index contributed by atoms with van der Waals surface area (Å²) in [5, 5.41) is 29.2. The van der Waals surface area contributed by atoms with E-state index >= 15 is 0 Å². The molecule has 3 aromatic rings. The normalized spacial score (nSPS) is 28.5. The van der Waals surface area contributed by atoms with Crippen molar-refractivity contribution in [1.82, 2.24) is 20.0 Å². The molecule has 0 aliphatic carbocycles. The van der Waals surface area contributed by atoms with E-state index in [9.17, 15) is 23.4 Å². The van der Waals surface area contributed by atoms with Crippen molar-refractivity contribution in [1.29, 1.82) is 0 Å². The predicted octanol–water partition coefficient (Wildman–Crippen LogP) is 2.53. The van der Waals surface area contributed by atoms with E-state index in [2.05, 4.69) is 15.3 Å². The second kappa shape index (κ2) is 10.2. The van der Waals surface area contributed by atoms with Crippen LogP contribution in [0.5, 0.6) is 0 Å². The van der Waals surface area contributed by atoms with Crippen LogP contribution < -0.4 is 0 Å². The monoisotopic (exact) mass is 506 g/mol. The molecule has 192 valence electrons. The first-order valence-corrected chi connectivity index (χ1v) is 11.6. The Morgan fingerprint density at radius 1 is 1.19 bits per heavy atom. The standard InChI is InChI=1S/C24H25F3N4O5/c25-16-8-15(9-17(26)20(16)27)18-11-31(30-29-18)21-22(33)19(12-32)36-24(5-1-2-7-35-24)23(21)34-13-14-4-3-6-28-10-14/h3-4,6,8-11,19,21-23,32-33H,1-2,5,7,12-13H2/t19-,21+,22+,23-,24+/m1/s1. The van der Waals surface area contributed by atoms with Crippen molar-refractivity contribution in [3.63, 3.8) is 0 Å². The van der Waals surface area contributed by atoms with Gasteiger partial charge in [0.05, 0.1) is 26.0 Å². The summed E-state index contributed by atoms with van der Waals surface area (Å²) in [4.78, 5) is 4.09. The maximum absolute atomic E-state index is 13.8. The van der Waals surface area contributed by atoms with Gasteiger partial charge in [-0.3, -0.25) is 4.98 Å². The summed E-state index contributed by atoms with van der Waals surface area (Å²) in [5.41, 5.74) is 0.795. The second-order valence-electron chi connectivity index (χ2n) is 8.87. The topological polar surface area (TPSA) is 112 Å². The van der Waals surface area contributed by atoms with Gasteiger partial charge in [0.2, 0.25) is 0 Å². The molecule has 0 saturated carbocycles. The van der Waals surface area contributed by atoms with Gasteiger partial charge in [0, 0.05) is 24.4 Å². The largest absolute Gasteiger partial charge is 0.394 e. The lowest BCUT2D eigenvalue weighted by molar-refractivity contribution is -0.373. The first kappa shape index (κ1) is 24.8. The summed E-state index contributed by atoms with van der Waals surface area (Å²) in [7, 11) is 0. The number of aliphatic hydroxyl groups excluding tert-OH is 2. The highest BCUT2D eigenvalue weighted by atomic mass is 19.2. The van der Waals surface area contributed by atoms with Crippen LogP contribution in [-0.4, -0.2) is 67.5 Å². The van der Waals surface area contributed by atoms with Gasteiger partial charge < -0.3 is 24.4 Å². The van der Waals surface area contributed by atoms with Crippen molar-refractivity contribution >= 4 is 0 Å². The van der Waals surface area contributed by atoms with Crippen molar-refractivity contribution in [3.05, 3.63) is 65.9 Å². The van der Waals surface area contributed by atoms with E-state index in [0.29, 0.717) is 13.0 Å². The van der Waals surface area contributed by atoms with Crippen LogP contribution in [0.2, 0.25) is 0 Å². The van der Waals surface area contributed by atoms with E-state index in [0.717, 1.165) is 30.5 Å². The molecule has 2 N–H and O–H groups in total. The number of benzene rings is 1. The molecule has 1 aromatic carbocycles. The summed E-state index contributed by atoms with van der Waals surface area (Å²) in [6.45, 7) is 0.0222. The third-order valence-electron chi connectivity index (χ3n) is 6.52. The van der Waals surface area contributed by atoms with Gasteiger partial charge in [-0.1, -0.05) is 11.3 Å². The van der Waals surface area contributed by atoms with Crippen LogP contribution in [0, 0.1) is 17.5 Å². The summed E-state index contributed by atoms with van der Waals surface area (Å²) in [6.07, 6.45) is 3.47. The Kier molecular flexibility index (Phi) is 7.04. The average molecular weight is 506 g/mol. The first-order valence-electron chi connectivity index (χ1n) is 11.6. The van der Waals surface area contributed by atoms with Gasteiger partial charge in [-0.15, -0.1) is 5.10 Å². The van der Waals surface area contributed by atoms with Gasteiger partial charge in [-0.05, 0) is 36.6 Å². The fourth-order valence-corrected chi connectivity index (χ4v) is 4.75. The lowest BCUT2D eigenvalue weighted by atomic mass is 9.86. The number of rotatable bonds is 6. The van der Waals surface area contributed by atoms with E-state index in [4.69, 9.17) is 14.2 Å². The molecule has 5 rings (SSSR count). The van der Waals surface area contributed by atoms with E-state index < -0.39 is 54.2 Å². The smallest absolute Gasteiger partial charge is 0.197 e. The zero-order valence-electron chi connectivity index (χ0n) is 19.1. The van der Waals surface area contributed by atoms with Crippen LogP contribution in [0.1, 0.15) is 30.9 Å². The van der Waals surface area contributed by atoms with Crippen LogP contribution >= 0.6 is 0 Å². The lowest BCUT2D eigenvalue weighted by Gasteiger charge is -2.52. The molecule has 1 spiro atoms. The molecule has 0 radical (unpaired) electrons. The molecule has 9 nitrogen and oxygen atoms in total. The van der Waals surface area contributed by atoms with Crippen molar-refractivity contribution < 1.29 is 37.6 Å². The summed E-state index contributed by atoms with van der Waals surface area (Å²) in [5.74, 6) is -5.59. The highest BCUT2D eigenvalue weighted by Crippen LogP contribution is 2.44. The van der Waals surface area contributed by atoms with E-state index in [1.807, 2.05) is 6.07 Å². The number of halogens is 3. The number of nitrogens with zero attached hydrogens (tertiary/aromatic N) is 4. The van der Waals surface area contributed by atoms with Gasteiger partial charge in [-0.2, -0.15) is 0 Å². The molecule has 0 unspecified atom stereocenters. The Bertz CT molecular complexity index is 1170. The predicted molar refractivity (Wildman–Crippen MR) is 118 cm³/mol.